The molecular weight excluding hydrogens is 288 g/mol. The molecule has 3 aromatic rings. The maximum absolute atomic E-state index is 6.02. The Hall–Kier alpha value is -2.31. The lowest BCUT2D eigenvalue weighted by Crippen LogP contribution is -1.94. The van der Waals surface area contributed by atoms with Crippen molar-refractivity contribution >= 4 is 17.2 Å². The summed E-state index contributed by atoms with van der Waals surface area (Å²) in [5, 5.41) is 0.773. The van der Waals surface area contributed by atoms with Gasteiger partial charge in [-0.25, -0.2) is 0 Å². The Morgan fingerprint density at radius 3 is 2.14 bits per heavy atom. The lowest BCUT2D eigenvalue weighted by atomic mass is 9.93. The third-order valence-electron chi connectivity index (χ3n) is 4.23. The fraction of sp³-hybridized carbons (Fsp3) is 0.0476. The molecular formula is C21H15Cl. The molecule has 1 unspecified atom stereocenters. The van der Waals surface area contributed by atoms with Crippen LogP contribution in [0.2, 0.25) is 5.02 Å². The van der Waals surface area contributed by atoms with Crippen LogP contribution in [0.1, 0.15) is 28.2 Å². The van der Waals surface area contributed by atoms with E-state index in [0.29, 0.717) is 5.92 Å². The monoisotopic (exact) mass is 302 g/mol. The Labute approximate surface area is 135 Å². The summed E-state index contributed by atoms with van der Waals surface area (Å²) in [7, 11) is 0. The van der Waals surface area contributed by atoms with Gasteiger partial charge < -0.3 is 0 Å². The van der Waals surface area contributed by atoms with E-state index in [1.165, 1.54) is 27.8 Å². The van der Waals surface area contributed by atoms with E-state index in [0.717, 1.165) is 5.02 Å². The lowest BCUT2D eigenvalue weighted by Gasteiger charge is -2.10. The van der Waals surface area contributed by atoms with E-state index in [1.54, 1.807) is 0 Å². The molecule has 106 valence electrons. The number of benzene rings is 3. The number of fused-ring (bicyclic) bond motifs is 1. The van der Waals surface area contributed by atoms with Crippen molar-refractivity contribution in [3.05, 3.63) is 112 Å². The zero-order valence-electron chi connectivity index (χ0n) is 12.0. The molecule has 0 amide bonds. The van der Waals surface area contributed by atoms with Crippen LogP contribution in [0.25, 0.3) is 5.57 Å². The minimum absolute atomic E-state index is 0.322. The maximum atomic E-state index is 6.02. The minimum Gasteiger partial charge on any atom is -0.0843 e. The summed E-state index contributed by atoms with van der Waals surface area (Å²) < 4.78 is 0. The Bertz CT molecular complexity index is 829. The first-order valence-corrected chi connectivity index (χ1v) is 7.83. The molecule has 0 fully saturated rings. The molecule has 0 heterocycles. The van der Waals surface area contributed by atoms with Gasteiger partial charge in [0.25, 0.3) is 0 Å². The van der Waals surface area contributed by atoms with E-state index < -0.39 is 0 Å². The van der Waals surface area contributed by atoms with Gasteiger partial charge in [0.05, 0.1) is 0 Å². The summed E-state index contributed by atoms with van der Waals surface area (Å²) in [6.45, 7) is 0. The molecule has 0 saturated carbocycles. The van der Waals surface area contributed by atoms with Gasteiger partial charge in [-0.05, 0) is 40.0 Å². The van der Waals surface area contributed by atoms with Gasteiger partial charge in [-0.1, -0.05) is 84.4 Å². The maximum Gasteiger partial charge on any atom is 0.0406 e. The van der Waals surface area contributed by atoms with Gasteiger partial charge in [-0.2, -0.15) is 0 Å². The zero-order chi connectivity index (χ0) is 14.9. The molecule has 0 aromatic heterocycles. The van der Waals surface area contributed by atoms with Crippen LogP contribution in [-0.2, 0) is 0 Å². The van der Waals surface area contributed by atoms with Crippen LogP contribution in [0, 0.1) is 0 Å². The second-order valence-corrected chi connectivity index (χ2v) is 6.00. The van der Waals surface area contributed by atoms with Crippen LogP contribution in [0.4, 0.5) is 0 Å². The molecule has 0 bridgehead atoms. The highest BCUT2D eigenvalue weighted by Crippen LogP contribution is 2.42. The van der Waals surface area contributed by atoms with Gasteiger partial charge in [-0.3, -0.25) is 0 Å². The van der Waals surface area contributed by atoms with Crippen molar-refractivity contribution in [2.45, 2.75) is 5.92 Å². The SMILES string of the molecule is Clc1ccc(C2=CC(c3ccccc3)c3ccccc32)cc1. The van der Waals surface area contributed by atoms with Crippen molar-refractivity contribution in [1.82, 2.24) is 0 Å². The molecule has 4 rings (SSSR count). The molecule has 0 radical (unpaired) electrons. The fourth-order valence-corrected chi connectivity index (χ4v) is 3.30. The topological polar surface area (TPSA) is 0 Å². The molecule has 22 heavy (non-hydrogen) atoms. The van der Waals surface area contributed by atoms with Crippen LogP contribution in [0.3, 0.4) is 0 Å². The average Bonchev–Trinajstić information content (AvgIpc) is 2.96. The second kappa shape index (κ2) is 5.47. The minimum atomic E-state index is 0.322. The van der Waals surface area contributed by atoms with Gasteiger partial charge in [0, 0.05) is 10.9 Å². The molecule has 1 atom stereocenters. The molecule has 1 heteroatoms. The predicted octanol–water partition coefficient (Wildman–Crippen LogP) is 5.92. The van der Waals surface area contributed by atoms with Crippen molar-refractivity contribution in [2.24, 2.45) is 0 Å². The molecule has 1 aliphatic rings. The Kier molecular flexibility index (Phi) is 3.32. The highest BCUT2D eigenvalue weighted by molar-refractivity contribution is 6.30. The van der Waals surface area contributed by atoms with E-state index in [2.05, 4.69) is 72.8 Å². The van der Waals surface area contributed by atoms with E-state index in [1.807, 2.05) is 12.1 Å². The predicted molar refractivity (Wildman–Crippen MR) is 93.3 cm³/mol. The summed E-state index contributed by atoms with van der Waals surface area (Å²) in [6.07, 6.45) is 2.36. The Morgan fingerprint density at radius 1 is 0.682 bits per heavy atom. The first kappa shape index (κ1) is 13.4. The van der Waals surface area contributed by atoms with Crippen LogP contribution >= 0.6 is 11.6 Å². The number of hydrogen-bond donors (Lipinski definition) is 0. The van der Waals surface area contributed by atoms with E-state index in [4.69, 9.17) is 11.6 Å². The normalized spacial score (nSPS) is 16.2. The van der Waals surface area contributed by atoms with Gasteiger partial charge in [-0.15, -0.1) is 0 Å². The van der Waals surface area contributed by atoms with E-state index in [9.17, 15) is 0 Å². The third-order valence-corrected chi connectivity index (χ3v) is 4.49. The fourth-order valence-electron chi connectivity index (χ4n) is 3.18. The smallest absolute Gasteiger partial charge is 0.0406 e. The van der Waals surface area contributed by atoms with Crippen molar-refractivity contribution in [2.75, 3.05) is 0 Å². The molecule has 0 saturated heterocycles. The molecule has 0 aliphatic heterocycles. The quantitative estimate of drug-likeness (QED) is 0.551. The Morgan fingerprint density at radius 2 is 1.36 bits per heavy atom. The zero-order valence-corrected chi connectivity index (χ0v) is 12.8. The summed E-state index contributed by atoms with van der Waals surface area (Å²) in [4.78, 5) is 0. The number of hydrogen-bond acceptors (Lipinski definition) is 0. The summed E-state index contributed by atoms with van der Waals surface area (Å²) in [5.74, 6) is 0.322. The average molecular weight is 303 g/mol. The van der Waals surface area contributed by atoms with Gasteiger partial charge in [0.2, 0.25) is 0 Å². The van der Waals surface area contributed by atoms with Crippen LogP contribution in [0.5, 0.6) is 0 Å². The van der Waals surface area contributed by atoms with Gasteiger partial charge in [0.1, 0.15) is 0 Å². The van der Waals surface area contributed by atoms with Gasteiger partial charge in [0.15, 0.2) is 0 Å². The van der Waals surface area contributed by atoms with E-state index >= 15 is 0 Å². The number of rotatable bonds is 2. The van der Waals surface area contributed by atoms with Crippen LogP contribution < -0.4 is 0 Å². The van der Waals surface area contributed by atoms with Crippen molar-refractivity contribution in [3.63, 3.8) is 0 Å². The molecule has 3 aromatic carbocycles. The second-order valence-electron chi connectivity index (χ2n) is 5.56. The molecule has 1 aliphatic carbocycles. The molecule has 0 spiro atoms. The summed E-state index contributed by atoms with van der Waals surface area (Å²) in [6, 6.07) is 27.4. The van der Waals surface area contributed by atoms with Crippen molar-refractivity contribution in [3.8, 4) is 0 Å². The number of halogens is 1. The van der Waals surface area contributed by atoms with E-state index in [-0.39, 0.29) is 0 Å². The van der Waals surface area contributed by atoms with Gasteiger partial charge >= 0.3 is 0 Å². The highest BCUT2D eigenvalue weighted by Gasteiger charge is 2.24. The largest absolute Gasteiger partial charge is 0.0843 e. The summed E-state index contributed by atoms with van der Waals surface area (Å²) in [5.41, 5.74) is 6.53. The first-order valence-electron chi connectivity index (χ1n) is 7.45. The summed E-state index contributed by atoms with van der Waals surface area (Å²) >= 11 is 6.02. The molecule has 0 N–H and O–H groups in total. The highest BCUT2D eigenvalue weighted by atomic mass is 35.5. The van der Waals surface area contributed by atoms with Crippen molar-refractivity contribution < 1.29 is 0 Å². The number of allylic oxidation sites excluding steroid dienone is 1. The first-order chi connectivity index (χ1) is 10.8. The Balaban J connectivity index is 1.87. The van der Waals surface area contributed by atoms with Crippen LogP contribution in [-0.4, -0.2) is 0 Å². The lowest BCUT2D eigenvalue weighted by molar-refractivity contribution is 1.05. The standard InChI is InChI=1S/C21H15Cl/c22-17-12-10-16(11-13-17)21-14-20(15-6-2-1-3-7-15)18-8-4-5-9-19(18)21/h1-14,20H. The third kappa shape index (κ3) is 2.26. The van der Waals surface area contributed by atoms with Crippen molar-refractivity contribution in [1.29, 1.82) is 0 Å². The van der Waals surface area contributed by atoms with Crippen LogP contribution in [0.15, 0.2) is 84.9 Å². The molecule has 0 nitrogen and oxygen atoms in total.